The molecule has 0 unspecified atom stereocenters. The van der Waals surface area contributed by atoms with Crippen LogP contribution in [0.2, 0.25) is 0 Å². The topological polar surface area (TPSA) is 33.1 Å². The van der Waals surface area contributed by atoms with Crippen molar-refractivity contribution in [3.63, 3.8) is 0 Å². The zero-order valence-electron chi connectivity index (χ0n) is 6.63. The Bertz CT molecular complexity index is 296. The Kier molecular flexibility index (Phi) is 1.93. The van der Waals surface area contributed by atoms with Gasteiger partial charge in [-0.2, -0.15) is 0 Å². The van der Waals surface area contributed by atoms with Crippen LogP contribution in [-0.2, 0) is 6.42 Å². The van der Waals surface area contributed by atoms with Crippen LogP contribution in [0.1, 0.15) is 18.5 Å². The lowest BCUT2D eigenvalue weighted by atomic mass is 10.1. The van der Waals surface area contributed by atoms with Crippen molar-refractivity contribution >= 4 is 15.9 Å². The maximum Gasteiger partial charge on any atom is 0.106 e. The Hall–Kier alpha value is -0.410. The molecule has 0 aliphatic heterocycles. The minimum Gasteiger partial charge on any atom is -0.389 e. The van der Waals surface area contributed by atoms with E-state index in [1.165, 1.54) is 0 Å². The van der Waals surface area contributed by atoms with Gasteiger partial charge in [0.05, 0.1) is 5.60 Å². The van der Waals surface area contributed by atoms with Gasteiger partial charge in [0.25, 0.3) is 0 Å². The van der Waals surface area contributed by atoms with Crippen LogP contribution in [0.25, 0.3) is 0 Å². The Balaban J connectivity index is 2.12. The van der Waals surface area contributed by atoms with E-state index in [9.17, 15) is 5.11 Å². The maximum atomic E-state index is 9.62. The summed E-state index contributed by atoms with van der Waals surface area (Å²) >= 11 is 3.30. The number of hydrogen-bond acceptors (Lipinski definition) is 2. The van der Waals surface area contributed by atoms with Gasteiger partial charge in [0.15, 0.2) is 0 Å². The summed E-state index contributed by atoms with van der Waals surface area (Å²) in [5.41, 5.74) is 0.526. The minimum atomic E-state index is -0.437. The molecule has 3 heteroatoms. The number of rotatable bonds is 2. The molecule has 2 rings (SSSR count). The third-order valence-corrected chi connectivity index (χ3v) is 2.55. The van der Waals surface area contributed by atoms with Crippen LogP contribution in [-0.4, -0.2) is 15.7 Å². The molecule has 1 fully saturated rings. The van der Waals surface area contributed by atoms with Gasteiger partial charge in [-0.05, 0) is 40.9 Å². The van der Waals surface area contributed by atoms with Crippen LogP contribution < -0.4 is 0 Å². The van der Waals surface area contributed by atoms with Gasteiger partial charge >= 0.3 is 0 Å². The number of pyridine rings is 1. The fourth-order valence-corrected chi connectivity index (χ4v) is 1.59. The summed E-state index contributed by atoms with van der Waals surface area (Å²) in [5.74, 6) is 0. The summed E-state index contributed by atoms with van der Waals surface area (Å²) in [6.45, 7) is 0. The Morgan fingerprint density at radius 3 is 2.83 bits per heavy atom. The average Bonchev–Trinajstić information content (AvgIpc) is 2.67. The monoisotopic (exact) mass is 227 g/mol. The second-order valence-corrected chi connectivity index (χ2v) is 4.17. The Morgan fingerprint density at radius 2 is 2.25 bits per heavy atom. The molecular weight excluding hydrogens is 218 g/mol. The van der Waals surface area contributed by atoms with Gasteiger partial charge in [0.2, 0.25) is 0 Å². The van der Waals surface area contributed by atoms with Crippen molar-refractivity contribution in [1.82, 2.24) is 4.98 Å². The second-order valence-electron chi connectivity index (χ2n) is 3.35. The highest BCUT2D eigenvalue weighted by Gasteiger charge is 2.40. The van der Waals surface area contributed by atoms with E-state index in [2.05, 4.69) is 20.9 Å². The highest BCUT2D eigenvalue weighted by Crippen LogP contribution is 2.37. The molecule has 0 aromatic carbocycles. The molecule has 0 radical (unpaired) electrons. The van der Waals surface area contributed by atoms with Gasteiger partial charge in [-0.15, -0.1) is 0 Å². The predicted octanol–water partition coefficient (Wildman–Crippen LogP) is 1.91. The van der Waals surface area contributed by atoms with E-state index in [-0.39, 0.29) is 0 Å². The molecule has 1 N–H and O–H groups in total. The molecule has 1 aliphatic rings. The number of aliphatic hydroxyl groups is 1. The normalized spacial score (nSPS) is 19.2. The van der Waals surface area contributed by atoms with E-state index in [0.717, 1.165) is 23.1 Å². The first-order valence-electron chi connectivity index (χ1n) is 4.02. The van der Waals surface area contributed by atoms with Gasteiger partial charge < -0.3 is 5.11 Å². The van der Waals surface area contributed by atoms with E-state index in [1.807, 2.05) is 18.2 Å². The maximum absolute atomic E-state index is 9.62. The van der Waals surface area contributed by atoms with E-state index in [4.69, 9.17) is 0 Å². The Labute approximate surface area is 79.8 Å². The number of hydrogen-bond donors (Lipinski definition) is 1. The quantitative estimate of drug-likeness (QED) is 0.784. The van der Waals surface area contributed by atoms with E-state index in [0.29, 0.717) is 6.42 Å². The molecule has 2 nitrogen and oxygen atoms in total. The third kappa shape index (κ3) is 1.84. The molecule has 1 aliphatic carbocycles. The van der Waals surface area contributed by atoms with Gasteiger partial charge in [0, 0.05) is 12.1 Å². The molecule has 0 spiro atoms. The van der Waals surface area contributed by atoms with Gasteiger partial charge in [-0.25, -0.2) is 4.98 Å². The van der Waals surface area contributed by atoms with Crippen LogP contribution in [0.5, 0.6) is 0 Å². The molecule has 12 heavy (non-hydrogen) atoms. The first-order valence-corrected chi connectivity index (χ1v) is 4.81. The standard InChI is InChI=1S/C9H10BrNO/c10-8-3-1-2-7(11-8)6-9(12)4-5-9/h1-3,12H,4-6H2. The van der Waals surface area contributed by atoms with E-state index in [1.54, 1.807) is 0 Å². The first-order chi connectivity index (χ1) is 5.68. The van der Waals surface area contributed by atoms with Gasteiger partial charge in [-0.1, -0.05) is 6.07 Å². The molecule has 1 aromatic heterocycles. The van der Waals surface area contributed by atoms with E-state index < -0.39 is 5.60 Å². The molecular formula is C9H10BrNO. The van der Waals surface area contributed by atoms with Crippen molar-refractivity contribution in [1.29, 1.82) is 0 Å². The van der Waals surface area contributed by atoms with Crippen molar-refractivity contribution in [2.45, 2.75) is 24.9 Å². The predicted molar refractivity (Wildman–Crippen MR) is 49.8 cm³/mol. The number of aromatic nitrogens is 1. The zero-order valence-corrected chi connectivity index (χ0v) is 8.21. The summed E-state index contributed by atoms with van der Waals surface area (Å²) < 4.78 is 0.837. The molecule has 1 aromatic rings. The largest absolute Gasteiger partial charge is 0.389 e. The van der Waals surface area contributed by atoms with Gasteiger partial charge in [-0.3, -0.25) is 0 Å². The number of halogens is 1. The first kappa shape index (κ1) is 8.20. The summed E-state index contributed by atoms with van der Waals surface area (Å²) in [6.07, 6.45) is 2.52. The summed E-state index contributed by atoms with van der Waals surface area (Å²) in [4.78, 5) is 4.26. The van der Waals surface area contributed by atoms with Crippen LogP contribution in [0.3, 0.4) is 0 Å². The fourth-order valence-electron chi connectivity index (χ4n) is 1.21. The Morgan fingerprint density at radius 1 is 1.50 bits per heavy atom. The van der Waals surface area contributed by atoms with Crippen molar-refractivity contribution in [3.8, 4) is 0 Å². The lowest BCUT2D eigenvalue weighted by Gasteiger charge is -2.05. The lowest BCUT2D eigenvalue weighted by Crippen LogP contribution is -2.11. The molecule has 1 heterocycles. The van der Waals surface area contributed by atoms with Crippen LogP contribution in [0, 0.1) is 0 Å². The molecule has 0 bridgehead atoms. The number of nitrogens with zero attached hydrogens (tertiary/aromatic N) is 1. The van der Waals surface area contributed by atoms with Crippen molar-refractivity contribution in [2.75, 3.05) is 0 Å². The fraction of sp³-hybridized carbons (Fsp3) is 0.444. The molecule has 0 saturated heterocycles. The summed E-state index contributed by atoms with van der Waals surface area (Å²) in [5, 5.41) is 9.62. The smallest absolute Gasteiger partial charge is 0.106 e. The molecule has 0 atom stereocenters. The van der Waals surface area contributed by atoms with Crippen molar-refractivity contribution < 1.29 is 5.11 Å². The highest BCUT2D eigenvalue weighted by atomic mass is 79.9. The van der Waals surface area contributed by atoms with Crippen molar-refractivity contribution in [3.05, 3.63) is 28.5 Å². The molecule has 1 saturated carbocycles. The average molecular weight is 228 g/mol. The van der Waals surface area contributed by atoms with Crippen molar-refractivity contribution in [2.24, 2.45) is 0 Å². The summed E-state index contributed by atoms with van der Waals surface area (Å²) in [7, 11) is 0. The van der Waals surface area contributed by atoms with Crippen LogP contribution in [0.4, 0.5) is 0 Å². The van der Waals surface area contributed by atoms with Gasteiger partial charge in [0.1, 0.15) is 4.60 Å². The SMILES string of the molecule is OC1(Cc2cccc(Br)n2)CC1. The van der Waals surface area contributed by atoms with Crippen LogP contribution in [0.15, 0.2) is 22.8 Å². The lowest BCUT2D eigenvalue weighted by molar-refractivity contribution is 0.149. The molecule has 64 valence electrons. The second kappa shape index (κ2) is 2.82. The molecule has 0 amide bonds. The van der Waals surface area contributed by atoms with Crippen LogP contribution >= 0.6 is 15.9 Å². The minimum absolute atomic E-state index is 0.437. The van der Waals surface area contributed by atoms with E-state index >= 15 is 0 Å². The third-order valence-electron chi connectivity index (χ3n) is 2.11. The zero-order chi connectivity index (χ0) is 8.60. The summed E-state index contributed by atoms with van der Waals surface area (Å²) in [6, 6.07) is 5.78. The highest BCUT2D eigenvalue weighted by molar-refractivity contribution is 9.10.